The molecule has 2 N–H and O–H groups in total. The Balaban J connectivity index is 1.93. The van der Waals surface area contributed by atoms with Crippen LogP contribution in [0.3, 0.4) is 0 Å². The molecular formula is C16H21FN2O. The van der Waals surface area contributed by atoms with Gasteiger partial charge in [-0.15, -0.1) is 0 Å². The van der Waals surface area contributed by atoms with Crippen LogP contribution in [0.25, 0.3) is 0 Å². The largest absolute Gasteiger partial charge is 0.331 e. The first-order chi connectivity index (χ1) is 9.66. The maximum atomic E-state index is 13.1. The first-order valence-electron chi connectivity index (χ1n) is 7.49. The van der Waals surface area contributed by atoms with Gasteiger partial charge in [-0.25, -0.2) is 4.39 Å². The van der Waals surface area contributed by atoms with Crippen molar-refractivity contribution < 1.29 is 9.18 Å². The lowest BCUT2D eigenvalue weighted by atomic mass is 9.89. The Hall–Kier alpha value is -1.42. The Kier molecular flexibility index (Phi) is 3.74. The van der Waals surface area contributed by atoms with Crippen molar-refractivity contribution in [3.05, 3.63) is 35.6 Å². The van der Waals surface area contributed by atoms with E-state index in [-0.39, 0.29) is 23.8 Å². The topological polar surface area (TPSA) is 46.3 Å². The number of nitrogens with two attached hydrogens (primary N) is 1. The van der Waals surface area contributed by atoms with E-state index in [1.807, 2.05) is 4.90 Å². The number of likely N-dealkylation sites (tertiary alicyclic amines) is 1. The maximum Gasteiger partial charge on any atom is 0.223 e. The molecular weight excluding hydrogens is 255 g/mol. The van der Waals surface area contributed by atoms with Crippen LogP contribution in [0.2, 0.25) is 0 Å². The number of hydrogen-bond donors (Lipinski definition) is 1. The quantitative estimate of drug-likeness (QED) is 0.902. The first-order valence-corrected chi connectivity index (χ1v) is 7.49. The van der Waals surface area contributed by atoms with Gasteiger partial charge in [0.1, 0.15) is 5.82 Å². The summed E-state index contributed by atoms with van der Waals surface area (Å²) in [6, 6.07) is 6.59. The molecule has 2 fully saturated rings. The zero-order chi connectivity index (χ0) is 14.1. The summed E-state index contributed by atoms with van der Waals surface area (Å²) < 4.78 is 13.1. The molecule has 1 saturated heterocycles. The third-order valence-corrected chi connectivity index (χ3v) is 4.61. The van der Waals surface area contributed by atoms with Crippen LogP contribution in [0.1, 0.15) is 50.1 Å². The fourth-order valence-corrected chi connectivity index (χ4v) is 3.62. The molecule has 20 heavy (non-hydrogen) atoms. The van der Waals surface area contributed by atoms with Gasteiger partial charge in [-0.3, -0.25) is 4.79 Å². The number of amides is 1. The van der Waals surface area contributed by atoms with Crippen molar-refractivity contribution in [2.24, 2.45) is 5.73 Å². The predicted molar refractivity (Wildman–Crippen MR) is 75.5 cm³/mol. The summed E-state index contributed by atoms with van der Waals surface area (Å²) in [5.41, 5.74) is 7.24. The summed E-state index contributed by atoms with van der Waals surface area (Å²) in [5, 5.41) is 0. The van der Waals surface area contributed by atoms with Crippen LogP contribution in [-0.2, 0) is 4.79 Å². The van der Waals surface area contributed by atoms with Crippen molar-refractivity contribution in [1.82, 2.24) is 4.90 Å². The van der Waals surface area contributed by atoms with E-state index in [2.05, 4.69) is 0 Å². The predicted octanol–water partition coefficient (Wildman–Crippen LogP) is 2.76. The third-order valence-electron chi connectivity index (χ3n) is 4.61. The van der Waals surface area contributed by atoms with Gasteiger partial charge in [-0.1, -0.05) is 25.0 Å². The van der Waals surface area contributed by atoms with Crippen molar-refractivity contribution in [3.63, 3.8) is 0 Å². The highest BCUT2D eigenvalue weighted by Crippen LogP contribution is 2.37. The van der Waals surface area contributed by atoms with Gasteiger partial charge in [-0.05, 0) is 37.0 Å². The van der Waals surface area contributed by atoms with E-state index in [0.29, 0.717) is 18.9 Å². The normalized spacial score (nSPS) is 28.1. The minimum Gasteiger partial charge on any atom is -0.331 e. The van der Waals surface area contributed by atoms with Crippen LogP contribution in [0.5, 0.6) is 0 Å². The van der Waals surface area contributed by atoms with E-state index in [4.69, 9.17) is 5.73 Å². The highest BCUT2D eigenvalue weighted by molar-refractivity contribution is 5.78. The standard InChI is InChI=1S/C16H21FN2O/c17-12-7-5-11(6-8-12)16-14(18)9-10-15(20)19(16)13-3-1-2-4-13/h5-8,13-14,16H,1-4,9-10,18H2. The van der Waals surface area contributed by atoms with E-state index < -0.39 is 0 Å². The number of hydrogen-bond acceptors (Lipinski definition) is 2. The van der Waals surface area contributed by atoms with Gasteiger partial charge in [0.15, 0.2) is 0 Å². The fourth-order valence-electron chi connectivity index (χ4n) is 3.62. The lowest BCUT2D eigenvalue weighted by Crippen LogP contribution is -2.52. The van der Waals surface area contributed by atoms with Crippen LogP contribution >= 0.6 is 0 Å². The molecule has 1 aromatic rings. The molecule has 2 aliphatic rings. The Morgan fingerprint density at radius 3 is 2.40 bits per heavy atom. The van der Waals surface area contributed by atoms with Crippen LogP contribution < -0.4 is 5.73 Å². The smallest absolute Gasteiger partial charge is 0.223 e. The molecule has 1 aliphatic heterocycles. The van der Waals surface area contributed by atoms with Crippen molar-refractivity contribution in [3.8, 4) is 0 Å². The highest BCUT2D eigenvalue weighted by atomic mass is 19.1. The SMILES string of the molecule is NC1CCC(=O)N(C2CCCC2)C1c1ccc(F)cc1. The average molecular weight is 276 g/mol. The van der Waals surface area contributed by atoms with Crippen LogP contribution in [-0.4, -0.2) is 22.9 Å². The van der Waals surface area contributed by atoms with E-state index >= 15 is 0 Å². The molecule has 0 bridgehead atoms. The Morgan fingerprint density at radius 1 is 1.10 bits per heavy atom. The molecule has 0 radical (unpaired) electrons. The van der Waals surface area contributed by atoms with Crippen molar-refractivity contribution in [2.75, 3.05) is 0 Å². The van der Waals surface area contributed by atoms with Crippen LogP contribution in [0.15, 0.2) is 24.3 Å². The Labute approximate surface area is 118 Å². The van der Waals surface area contributed by atoms with E-state index in [9.17, 15) is 9.18 Å². The number of carbonyl (C=O) groups excluding carboxylic acids is 1. The van der Waals surface area contributed by atoms with Gasteiger partial charge < -0.3 is 10.6 Å². The average Bonchev–Trinajstić information content (AvgIpc) is 2.96. The molecule has 1 heterocycles. The zero-order valence-electron chi connectivity index (χ0n) is 11.6. The van der Waals surface area contributed by atoms with Crippen molar-refractivity contribution in [1.29, 1.82) is 0 Å². The second kappa shape index (κ2) is 5.52. The molecule has 0 aromatic heterocycles. The second-order valence-electron chi connectivity index (χ2n) is 5.94. The second-order valence-corrected chi connectivity index (χ2v) is 5.94. The summed E-state index contributed by atoms with van der Waals surface area (Å²) in [5.74, 6) is -0.0511. The summed E-state index contributed by atoms with van der Waals surface area (Å²) in [4.78, 5) is 14.4. The number of halogens is 1. The molecule has 1 saturated carbocycles. The Bertz CT molecular complexity index is 482. The number of benzene rings is 1. The van der Waals surface area contributed by atoms with E-state index in [1.165, 1.54) is 25.0 Å². The minimum atomic E-state index is -0.253. The molecule has 1 aliphatic carbocycles. The van der Waals surface area contributed by atoms with Gasteiger partial charge in [0.05, 0.1) is 6.04 Å². The number of piperidine rings is 1. The third kappa shape index (κ3) is 2.44. The molecule has 3 nitrogen and oxygen atoms in total. The molecule has 2 unspecified atom stereocenters. The van der Waals surface area contributed by atoms with Crippen LogP contribution in [0, 0.1) is 5.82 Å². The molecule has 108 valence electrons. The van der Waals surface area contributed by atoms with Gasteiger partial charge in [0, 0.05) is 18.5 Å². The molecule has 1 aromatic carbocycles. The number of rotatable bonds is 2. The summed E-state index contributed by atoms with van der Waals surface area (Å²) in [7, 11) is 0. The van der Waals surface area contributed by atoms with Crippen molar-refractivity contribution in [2.45, 2.75) is 56.7 Å². The van der Waals surface area contributed by atoms with E-state index in [0.717, 1.165) is 18.4 Å². The number of carbonyl (C=O) groups is 1. The fraction of sp³-hybridized carbons (Fsp3) is 0.562. The molecule has 3 rings (SSSR count). The van der Waals surface area contributed by atoms with Gasteiger partial charge >= 0.3 is 0 Å². The van der Waals surface area contributed by atoms with Gasteiger partial charge in [-0.2, -0.15) is 0 Å². The maximum absolute atomic E-state index is 13.1. The van der Waals surface area contributed by atoms with Gasteiger partial charge in [0.25, 0.3) is 0 Å². The summed E-state index contributed by atoms with van der Waals surface area (Å²) >= 11 is 0. The van der Waals surface area contributed by atoms with E-state index in [1.54, 1.807) is 12.1 Å². The summed E-state index contributed by atoms with van der Waals surface area (Å²) in [6.07, 6.45) is 5.74. The van der Waals surface area contributed by atoms with Crippen LogP contribution in [0.4, 0.5) is 4.39 Å². The molecule has 4 heteroatoms. The zero-order valence-corrected chi connectivity index (χ0v) is 11.6. The minimum absolute atomic E-state index is 0.0567. The molecule has 1 amide bonds. The first kappa shape index (κ1) is 13.6. The molecule has 2 atom stereocenters. The molecule has 0 spiro atoms. The number of nitrogens with zero attached hydrogens (tertiary/aromatic N) is 1. The van der Waals surface area contributed by atoms with Gasteiger partial charge in [0.2, 0.25) is 5.91 Å². The highest BCUT2D eigenvalue weighted by Gasteiger charge is 2.39. The lowest BCUT2D eigenvalue weighted by Gasteiger charge is -2.43. The monoisotopic (exact) mass is 276 g/mol. The Morgan fingerprint density at radius 2 is 1.75 bits per heavy atom. The lowest BCUT2D eigenvalue weighted by molar-refractivity contribution is -0.140. The van der Waals surface area contributed by atoms with Crippen molar-refractivity contribution >= 4 is 5.91 Å². The summed E-state index contributed by atoms with van der Waals surface area (Å²) in [6.45, 7) is 0.